The van der Waals surface area contributed by atoms with Gasteiger partial charge in [0.1, 0.15) is 0 Å². The predicted octanol–water partition coefficient (Wildman–Crippen LogP) is 3.43. The van der Waals surface area contributed by atoms with E-state index in [1.807, 2.05) is 0 Å². The molecule has 1 aromatic carbocycles. The maximum atomic E-state index is 3.64. The van der Waals surface area contributed by atoms with E-state index < -0.39 is 0 Å². The Hall–Kier alpha value is -1.02. The zero-order valence-corrected chi connectivity index (χ0v) is 12.6. The molecule has 0 spiro atoms. The van der Waals surface area contributed by atoms with Crippen LogP contribution in [0.25, 0.3) is 0 Å². The average Bonchev–Trinajstić information content (AvgIpc) is 2.74. The van der Waals surface area contributed by atoms with Crippen LogP contribution in [0.4, 0.5) is 5.69 Å². The van der Waals surface area contributed by atoms with Crippen LogP contribution in [0, 0.1) is 16.7 Å². The van der Waals surface area contributed by atoms with E-state index in [2.05, 4.69) is 56.5 Å². The van der Waals surface area contributed by atoms with Crippen LogP contribution < -0.4 is 10.6 Å². The van der Waals surface area contributed by atoms with Gasteiger partial charge in [-0.1, -0.05) is 39.8 Å². The number of fused-ring (bicyclic) bond motifs is 1. The van der Waals surface area contributed by atoms with Crippen LogP contribution in [0.5, 0.6) is 0 Å². The fourth-order valence-corrected chi connectivity index (χ4v) is 3.65. The fourth-order valence-electron chi connectivity index (χ4n) is 3.65. The van der Waals surface area contributed by atoms with Gasteiger partial charge in [-0.05, 0) is 46.9 Å². The lowest BCUT2D eigenvalue weighted by atomic mass is 10.0. The minimum atomic E-state index is 0.486. The lowest BCUT2D eigenvalue weighted by molar-refractivity contribution is 0.457. The third-order valence-electron chi connectivity index (χ3n) is 5.88. The molecule has 19 heavy (non-hydrogen) atoms. The van der Waals surface area contributed by atoms with Crippen molar-refractivity contribution in [3.8, 4) is 0 Å². The molecule has 1 saturated carbocycles. The van der Waals surface area contributed by atoms with E-state index in [4.69, 9.17) is 0 Å². The Kier molecular flexibility index (Phi) is 2.90. The van der Waals surface area contributed by atoms with Crippen molar-refractivity contribution >= 4 is 5.69 Å². The molecule has 0 atom stereocenters. The summed E-state index contributed by atoms with van der Waals surface area (Å²) in [7, 11) is 0. The quantitative estimate of drug-likeness (QED) is 0.864. The van der Waals surface area contributed by atoms with Crippen LogP contribution in [-0.4, -0.2) is 13.1 Å². The predicted molar refractivity (Wildman–Crippen MR) is 81.4 cm³/mol. The molecule has 0 bridgehead atoms. The SMILES string of the molecule is CC1(C)C(CNCc2ccc3c(c2)NCC3)C1(C)C. The lowest BCUT2D eigenvalue weighted by Gasteiger charge is -2.08. The maximum Gasteiger partial charge on any atom is 0.0376 e. The summed E-state index contributed by atoms with van der Waals surface area (Å²) in [4.78, 5) is 0. The third kappa shape index (κ3) is 2.06. The molecule has 1 aliphatic carbocycles. The zero-order valence-electron chi connectivity index (χ0n) is 12.6. The van der Waals surface area contributed by atoms with E-state index >= 15 is 0 Å². The Morgan fingerprint density at radius 2 is 1.95 bits per heavy atom. The molecular formula is C17H26N2. The van der Waals surface area contributed by atoms with E-state index in [1.165, 1.54) is 23.2 Å². The van der Waals surface area contributed by atoms with Crippen molar-refractivity contribution in [1.82, 2.24) is 5.32 Å². The van der Waals surface area contributed by atoms with Gasteiger partial charge >= 0.3 is 0 Å². The summed E-state index contributed by atoms with van der Waals surface area (Å²) < 4.78 is 0. The number of benzene rings is 1. The highest BCUT2D eigenvalue weighted by atomic mass is 14.9. The molecule has 2 aliphatic rings. The second-order valence-corrected chi connectivity index (χ2v) is 7.30. The summed E-state index contributed by atoms with van der Waals surface area (Å²) in [6, 6.07) is 6.85. The van der Waals surface area contributed by atoms with Crippen LogP contribution >= 0.6 is 0 Å². The van der Waals surface area contributed by atoms with E-state index in [0.717, 1.165) is 25.6 Å². The molecule has 1 heterocycles. The summed E-state index contributed by atoms with van der Waals surface area (Å²) in [5.41, 5.74) is 5.17. The number of hydrogen-bond acceptors (Lipinski definition) is 2. The van der Waals surface area contributed by atoms with Crippen molar-refractivity contribution in [2.24, 2.45) is 16.7 Å². The largest absolute Gasteiger partial charge is 0.384 e. The number of hydrogen-bond donors (Lipinski definition) is 2. The first-order valence-electron chi connectivity index (χ1n) is 7.49. The van der Waals surface area contributed by atoms with Gasteiger partial charge in [0, 0.05) is 18.8 Å². The fraction of sp³-hybridized carbons (Fsp3) is 0.647. The second-order valence-electron chi connectivity index (χ2n) is 7.30. The molecule has 0 radical (unpaired) electrons. The third-order valence-corrected chi connectivity index (χ3v) is 5.88. The summed E-state index contributed by atoms with van der Waals surface area (Å²) in [5, 5.41) is 7.09. The normalized spacial score (nSPS) is 22.9. The highest BCUT2D eigenvalue weighted by Crippen LogP contribution is 2.67. The van der Waals surface area contributed by atoms with E-state index in [-0.39, 0.29) is 0 Å². The summed E-state index contributed by atoms with van der Waals surface area (Å²) in [5.74, 6) is 0.799. The van der Waals surface area contributed by atoms with Crippen molar-refractivity contribution in [2.45, 2.75) is 40.7 Å². The molecule has 2 N–H and O–H groups in total. The van der Waals surface area contributed by atoms with E-state index in [9.17, 15) is 0 Å². The Labute approximate surface area is 117 Å². The van der Waals surface area contributed by atoms with E-state index in [0.29, 0.717) is 10.8 Å². The molecule has 3 rings (SSSR count). The van der Waals surface area contributed by atoms with Crippen molar-refractivity contribution in [3.05, 3.63) is 29.3 Å². The van der Waals surface area contributed by atoms with Crippen LogP contribution in [0.2, 0.25) is 0 Å². The lowest BCUT2D eigenvalue weighted by Crippen LogP contribution is -2.18. The topological polar surface area (TPSA) is 24.1 Å². The molecular weight excluding hydrogens is 232 g/mol. The first-order valence-corrected chi connectivity index (χ1v) is 7.49. The number of rotatable bonds is 4. The smallest absolute Gasteiger partial charge is 0.0376 e. The van der Waals surface area contributed by atoms with Crippen LogP contribution in [0.15, 0.2) is 18.2 Å². The van der Waals surface area contributed by atoms with Gasteiger partial charge in [-0.25, -0.2) is 0 Å². The Balaban J connectivity index is 1.54. The Bertz CT molecular complexity index is 474. The molecule has 2 nitrogen and oxygen atoms in total. The van der Waals surface area contributed by atoms with Gasteiger partial charge in [0.05, 0.1) is 0 Å². The van der Waals surface area contributed by atoms with Crippen molar-refractivity contribution in [1.29, 1.82) is 0 Å². The minimum Gasteiger partial charge on any atom is -0.384 e. The standard InChI is InChI=1S/C17H26N2/c1-16(2)15(17(16,3)4)11-18-10-12-5-6-13-7-8-19-14(13)9-12/h5-6,9,15,18-19H,7-8,10-11H2,1-4H3. The molecule has 0 saturated heterocycles. The van der Waals surface area contributed by atoms with Gasteiger partial charge in [-0.15, -0.1) is 0 Å². The molecule has 1 fully saturated rings. The van der Waals surface area contributed by atoms with Gasteiger partial charge in [-0.2, -0.15) is 0 Å². The number of nitrogens with one attached hydrogen (secondary N) is 2. The first kappa shape index (κ1) is 13.0. The summed E-state index contributed by atoms with van der Waals surface area (Å²) in [6.07, 6.45) is 1.17. The van der Waals surface area contributed by atoms with Crippen LogP contribution in [-0.2, 0) is 13.0 Å². The number of anilines is 1. The van der Waals surface area contributed by atoms with Crippen molar-refractivity contribution in [3.63, 3.8) is 0 Å². The van der Waals surface area contributed by atoms with Crippen LogP contribution in [0.3, 0.4) is 0 Å². The second kappa shape index (κ2) is 4.24. The highest BCUT2D eigenvalue weighted by molar-refractivity contribution is 5.56. The molecule has 1 aliphatic heterocycles. The highest BCUT2D eigenvalue weighted by Gasteiger charge is 2.63. The van der Waals surface area contributed by atoms with Crippen molar-refractivity contribution in [2.75, 3.05) is 18.4 Å². The molecule has 1 aromatic rings. The Morgan fingerprint density at radius 3 is 2.63 bits per heavy atom. The Morgan fingerprint density at radius 1 is 1.21 bits per heavy atom. The van der Waals surface area contributed by atoms with E-state index in [1.54, 1.807) is 0 Å². The molecule has 0 amide bonds. The summed E-state index contributed by atoms with van der Waals surface area (Å²) in [6.45, 7) is 12.8. The first-order chi connectivity index (χ1) is 8.93. The average molecular weight is 258 g/mol. The van der Waals surface area contributed by atoms with Gasteiger partial charge in [0.15, 0.2) is 0 Å². The van der Waals surface area contributed by atoms with Gasteiger partial charge in [-0.3, -0.25) is 0 Å². The van der Waals surface area contributed by atoms with Gasteiger partial charge in [0.2, 0.25) is 0 Å². The molecule has 0 unspecified atom stereocenters. The molecule has 0 aromatic heterocycles. The summed E-state index contributed by atoms with van der Waals surface area (Å²) >= 11 is 0. The molecule has 2 heteroatoms. The van der Waals surface area contributed by atoms with Gasteiger partial charge < -0.3 is 10.6 Å². The van der Waals surface area contributed by atoms with Crippen LogP contribution in [0.1, 0.15) is 38.8 Å². The zero-order chi connectivity index (χ0) is 13.7. The molecule has 104 valence electrons. The monoisotopic (exact) mass is 258 g/mol. The minimum absolute atomic E-state index is 0.486. The van der Waals surface area contributed by atoms with Gasteiger partial charge in [0.25, 0.3) is 0 Å². The van der Waals surface area contributed by atoms with Crippen molar-refractivity contribution < 1.29 is 0 Å². The maximum absolute atomic E-state index is 3.64.